The van der Waals surface area contributed by atoms with Crippen LogP contribution in [0.5, 0.6) is 0 Å². The lowest BCUT2D eigenvalue weighted by Crippen LogP contribution is -2.31. The van der Waals surface area contributed by atoms with Gasteiger partial charge in [-0.2, -0.15) is 39.5 Å². The van der Waals surface area contributed by atoms with Crippen molar-refractivity contribution in [2.45, 2.75) is 25.1 Å². The molecule has 3 aromatic rings. The number of benzene rings is 2. The molecule has 3 nitrogen and oxygen atoms in total. The highest BCUT2D eigenvalue weighted by molar-refractivity contribution is 7.19. The maximum absolute atomic E-state index is 13.2. The average Bonchev–Trinajstić information content (AvgIpc) is 3.12. The molecule has 182 valence electrons. The van der Waals surface area contributed by atoms with Crippen molar-refractivity contribution < 1.29 is 44.3 Å². The largest absolute Gasteiger partial charge is 0.435 e. The fourth-order valence-electron chi connectivity index (χ4n) is 2.81. The maximum Gasteiger partial charge on any atom is 0.435 e. The number of hydrogen-bond acceptors (Lipinski definition) is 3. The Hall–Kier alpha value is -2.80. The predicted octanol–water partition coefficient (Wildman–Crippen LogP) is 7.70. The Morgan fingerprint density at radius 1 is 0.853 bits per heavy atom. The second-order valence-electron chi connectivity index (χ2n) is 6.79. The van der Waals surface area contributed by atoms with E-state index in [4.69, 9.17) is 11.6 Å². The monoisotopic (exact) mass is 532 g/mol. The zero-order chi connectivity index (χ0) is 25.5. The number of thiazole rings is 1. The summed E-state index contributed by atoms with van der Waals surface area (Å²) in [5.41, 5.74) is -5.77. The fraction of sp³-hybridized carbons (Fsp3) is 0.200. The van der Waals surface area contributed by atoms with Gasteiger partial charge in [0.05, 0.1) is 17.7 Å². The third-order valence-electron chi connectivity index (χ3n) is 4.34. The Bertz CT molecular complexity index is 1160. The molecule has 0 aliphatic heterocycles. The first-order valence-electron chi connectivity index (χ1n) is 8.96. The van der Waals surface area contributed by atoms with E-state index in [1.54, 1.807) is 6.07 Å². The van der Waals surface area contributed by atoms with Crippen molar-refractivity contribution in [3.05, 3.63) is 80.8 Å². The molecule has 1 amide bonds. The number of carbonyl (C=O) groups excluding carboxylic acids is 1. The van der Waals surface area contributed by atoms with Gasteiger partial charge in [-0.15, -0.1) is 0 Å². The van der Waals surface area contributed by atoms with Gasteiger partial charge < -0.3 is 0 Å². The zero-order valence-electron chi connectivity index (χ0n) is 16.3. The molecule has 0 atom stereocenters. The first-order valence-corrected chi connectivity index (χ1v) is 10.2. The van der Waals surface area contributed by atoms with Crippen LogP contribution in [0.25, 0.3) is 0 Å². The molecule has 0 fully saturated rings. The van der Waals surface area contributed by atoms with Gasteiger partial charge in [-0.1, -0.05) is 53.3 Å². The molecule has 34 heavy (non-hydrogen) atoms. The van der Waals surface area contributed by atoms with E-state index in [-0.39, 0.29) is 29.5 Å². The number of carbonyl (C=O) groups is 1. The summed E-state index contributed by atoms with van der Waals surface area (Å²) in [4.78, 5) is 16.9. The number of amides is 1. The highest BCUT2D eigenvalue weighted by atomic mass is 35.5. The van der Waals surface area contributed by atoms with Crippen molar-refractivity contribution in [1.29, 1.82) is 0 Å². The van der Waals surface area contributed by atoms with Crippen molar-refractivity contribution in [2.24, 2.45) is 0 Å². The van der Waals surface area contributed by atoms with E-state index in [0.29, 0.717) is 10.5 Å². The minimum absolute atomic E-state index is 0.166. The van der Waals surface area contributed by atoms with E-state index in [0.717, 1.165) is 0 Å². The van der Waals surface area contributed by atoms with Gasteiger partial charge in [0.25, 0.3) is 5.91 Å². The smallest absolute Gasteiger partial charge is 0.279 e. The Balaban J connectivity index is 2.16. The summed E-state index contributed by atoms with van der Waals surface area (Å²) in [7, 11) is 0. The molecule has 0 radical (unpaired) electrons. The molecule has 1 aromatic heterocycles. The normalized spacial score (nSPS) is 12.6. The molecule has 0 aliphatic carbocycles. The number of aromatic nitrogens is 1. The Kier molecular flexibility index (Phi) is 6.91. The van der Waals surface area contributed by atoms with Crippen molar-refractivity contribution in [3.63, 3.8) is 0 Å². The summed E-state index contributed by atoms with van der Waals surface area (Å²) in [5, 5.41) is -0.655. The summed E-state index contributed by atoms with van der Waals surface area (Å²) in [5.74, 6) is -1.43. The summed E-state index contributed by atoms with van der Waals surface area (Å²) < 4.78 is 118. The SMILES string of the molecule is O=C(c1cc(C(F)(F)F)cc(C(F)(F)F)c1)N(Cc1ccccc1)c1nc(C(F)(F)F)c(Cl)s1. The maximum atomic E-state index is 13.2. The van der Waals surface area contributed by atoms with Gasteiger partial charge in [0.1, 0.15) is 4.34 Å². The number of hydrogen-bond donors (Lipinski definition) is 0. The van der Waals surface area contributed by atoms with E-state index in [2.05, 4.69) is 4.98 Å². The quantitative estimate of drug-likeness (QED) is 0.323. The van der Waals surface area contributed by atoms with Crippen molar-refractivity contribution >= 4 is 34.0 Å². The summed E-state index contributed by atoms with van der Waals surface area (Å²) >= 11 is 5.80. The molecule has 2 aromatic carbocycles. The Labute approximate surface area is 194 Å². The van der Waals surface area contributed by atoms with E-state index in [1.807, 2.05) is 0 Å². The lowest BCUT2D eigenvalue weighted by atomic mass is 10.0. The lowest BCUT2D eigenvalue weighted by molar-refractivity contribution is -0.143. The Morgan fingerprint density at radius 3 is 1.82 bits per heavy atom. The average molecular weight is 533 g/mol. The standard InChI is InChI=1S/C20H10ClF9N2OS/c21-15-14(20(28,29)30)31-17(34-15)32(9-10-4-2-1-3-5-10)16(33)11-6-12(18(22,23)24)8-13(7-11)19(25,26)27/h1-8H,9H2. The van der Waals surface area contributed by atoms with Crippen LogP contribution in [0, 0.1) is 0 Å². The van der Waals surface area contributed by atoms with E-state index in [1.165, 1.54) is 24.3 Å². The molecule has 0 N–H and O–H groups in total. The molecular weight excluding hydrogens is 523 g/mol. The van der Waals surface area contributed by atoms with Crippen LogP contribution in [0.1, 0.15) is 32.7 Å². The molecule has 0 aliphatic rings. The summed E-state index contributed by atoms with van der Waals surface area (Å²) in [6.07, 6.45) is -15.5. The van der Waals surface area contributed by atoms with Gasteiger partial charge in [0.2, 0.25) is 0 Å². The van der Waals surface area contributed by atoms with Crippen LogP contribution < -0.4 is 4.90 Å². The third-order valence-corrected chi connectivity index (χ3v) is 5.61. The minimum atomic E-state index is -5.23. The number of nitrogens with zero attached hydrogens (tertiary/aromatic N) is 2. The number of anilines is 1. The van der Waals surface area contributed by atoms with Gasteiger partial charge in [0.15, 0.2) is 10.8 Å². The summed E-state index contributed by atoms with van der Waals surface area (Å²) in [6, 6.07) is 7.73. The number of rotatable bonds is 4. The molecule has 1 heterocycles. The molecule has 3 rings (SSSR count). The van der Waals surface area contributed by atoms with Crippen LogP contribution in [0.4, 0.5) is 44.6 Å². The molecule has 0 bridgehead atoms. The van der Waals surface area contributed by atoms with E-state index in [9.17, 15) is 44.3 Å². The molecule has 0 spiro atoms. The Morgan fingerprint density at radius 2 is 1.38 bits per heavy atom. The third kappa shape index (κ3) is 5.81. The fourth-order valence-corrected chi connectivity index (χ4v) is 3.98. The van der Waals surface area contributed by atoms with E-state index >= 15 is 0 Å². The second-order valence-corrected chi connectivity index (χ2v) is 8.37. The topological polar surface area (TPSA) is 33.2 Å². The van der Waals surface area contributed by atoms with Crippen molar-refractivity contribution in [1.82, 2.24) is 4.98 Å². The molecule has 0 saturated heterocycles. The van der Waals surface area contributed by atoms with Gasteiger partial charge >= 0.3 is 18.5 Å². The number of alkyl halides is 9. The summed E-state index contributed by atoms with van der Waals surface area (Å²) in [6.45, 7) is -0.502. The van der Waals surface area contributed by atoms with Crippen LogP contribution in [-0.4, -0.2) is 10.9 Å². The van der Waals surface area contributed by atoms with Crippen LogP contribution in [0.3, 0.4) is 0 Å². The highest BCUT2D eigenvalue weighted by Gasteiger charge is 2.40. The lowest BCUT2D eigenvalue weighted by Gasteiger charge is -2.22. The first-order chi connectivity index (χ1) is 15.6. The van der Waals surface area contributed by atoms with Crippen LogP contribution in [0.15, 0.2) is 48.5 Å². The van der Waals surface area contributed by atoms with Gasteiger partial charge in [-0.3, -0.25) is 9.69 Å². The van der Waals surface area contributed by atoms with Gasteiger partial charge in [-0.05, 0) is 23.8 Å². The minimum Gasteiger partial charge on any atom is -0.279 e. The highest BCUT2D eigenvalue weighted by Crippen LogP contribution is 2.42. The van der Waals surface area contributed by atoms with Crippen LogP contribution >= 0.6 is 22.9 Å². The van der Waals surface area contributed by atoms with E-state index < -0.39 is 62.8 Å². The zero-order valence-corrected chi connectivity index (χ0v) is 17.9. The first kappa shape index (κ1) is 25.8. The number of halogens is 10. The van der Waals surface area contributed by atoms with Gasteiger partial charge in [-0.25, -0.2) is 4.98 Å². The molecule has 0 saturated carbocycles. The van der Waals surface area contributed by atoms with Gasteiger partial charge in [0, 0.05) is 5.56 Å². The predicted molar refractivity (Wildman–Crippen MR) is 106 cm³/mol. The van der Waals surface area contributed by atoms with Crippen LogP contribution in [0.2, 0.25) is 4.34 Å². The van der Waals surface area contributed by atoms with Crippen molar-refractivity contribution in [2.75, 3.05) is 4.90 Å². The van der Waals surface area contributed by atoms with Crippen molar-refractivity contribution in [3.8, 4) is 0 Å². The molecule has 0 unspecified atom stereocenters. The van der Waals surface area contributed by atoms with Crippen LogP contribution in [-0.2, 0) is 25.1 Å². The molecular formula is C20H10ClF9N2OS. The second kappa shape index (κ2) is 9.10. The molecule has 14 heteroatoms.